The van der Waals surface area contributed by atoms with E-state index in [0.717, 1.165) is 5.92 Å². The van der Waals surface area contributed by atoms with Crippen LogP contribution in [0.2, 0.25) is 0 Å². The summed E-state index contributed by atoms with van der Waals surface area (Å²) in [5, 5.41) is 0. The smallest absolute Gasteiger partial charge is 0.00889 e. The zero-order valence-electron chi connectivity index (χ0n) is 9.86. The Kier molecular flexibility index (Phi) is 3.81. The highest BCUT2D eigenvalue weighted by atomic mass is 15.1. The second-order valence-electron chi connectivity index (χ2n) is 5.34. The van der Waals surface area contributed by atoms with Gasteiger partial charge in [0.05, 0.1) is 0 Å². The van der Waals surface area contributed by atoms with Gasteiger partial charge in [-0.25, -0.2) is 0 Å². The lowest BCUT2D eigenvalue weighted by atomic mass is 9.90. The van der Waals surface area contributed by atoms with Crippen LogP contribution in [0, 0.1) is 11.8 Å². The van der Waals surface area contributed by atoms with Crippen molar-refractivity contribution >= 4 is 0 Å². The monoisotopic (exact) mass is 208 g/mol. The average molecular weight is 208 g/mol. The van der Waals surface area contributed by atoms with Crippen LogP contribution in [0.15, 0.2) is 12.2 Å². The van der Waals surface area contributed by atoms with Gasteiger partial charge in [-0.1, -0.05) is 19.1 Å². The van der Waals surface area contributed by atoms with E-state index in [1.807, 2.05) is 0 Å². The van der Waals surface area contributed by atoms with Gasteiger partial charge in [0, 0.05) is 19.1 Å². The van der Waals surface area contributed by atoms with Gasteiger partial charge >= 0.3 is 0 Å². The molecule has 1 heterocycles. The molecule has 3 unspecified atom stereocenters. The molecule has 0 aromatic carbocycles. The van der Waals surface area contributed by atoms with Crippen molar-refractivity contribution in [3.05, 3.63) is 12.2 Å². The highest BCUT2D eigenvalue weighted by Crippen LogP contribution is 2.22. The van der Waals surface area contributed by atoms with Gasteiger partial charge < -0.3 is 10.6 Å². The lowest BCUT2D eigenvalue weighted by molar-refractivity contribution is 0.140. The Morgan fingerprint density at radius 2 is 2.20 bits per heavy atom. The number of rotatable bonds is 2. The maximum absolute atomic E-state index is 6.04. The molecule has 1 aliphatic carbocycles. The molecule has 2 N–H and O–H groups in total. The second-order valence-corrected chi connectivity index (χ2v) is 5.34. The molecule has 1 saturated heterocycles. The van der Waals surface area contributed by atoms with Crippen LogP contribution in [0.5, 0.6) is 0 Å². The van der Waals surface area contributed by atoms with E-state index in [4.69, 9.17) is 5.73 Å². The number of allylic oxidation sites excluding steroid dienone is 2. The Labute approximate surface area is 93.5 Å². The molecule has 3 atom stereocenters. The van der Waals surface area contributed by atoms with E-state index in [1.54, 1.807) is 0 Å². The quantitative estimate of drug-likeness (QED) is 0.703. The molecular weight excluding hydrogens is 184 g/mol. The third kappa shape index (κ3) is 3.05. The maximum atomic E-state index is 6.04. The van der Waals surface area contributed by atoms with Crippen LogP contribution in [-0.4, -0.2) is 30.6 Å². The van der Waals surface area contributed by atoms with Crippen LogP contribution >= 0.6 is 0 Å². The highest BCUT2D eigenvalue weighted by molar-refractivity contribution is 4.91. The van der Waals surface area contributed by atoms with Gasteiger partial charge in [0.15, 0.2) is 0 Å². The largest absolute Gasteiger partial charge is 0.327 e. The summed E-state index contributed by atoms with van der Waals surface area (Å²) in [5.41, 5.74) is 6.04. The summed E-state index contributed by atoms with van der Waals surface area (Å²) in [5.74, 6) is 1.58. The van der Waals surface area contributed by atoms with Crippen molar-refractivity contribution in [2.24, 2.45) is 17.6 Å². The molecule has 0 amide bonds. The van der Waals surface area contributed by atoms with Crippen molar-refractivity contribution in [1.82, 2.24) is 4.90 Å². The average Bonchev–Trinajstić information content (AvgIpc) is 2.25. The van der Waals surface area contributed by atoms with E-state index in [-0.39, 0.29) is 0 Å². The molecular formula is C13H24N2. The fraction of sp³-hybridized carbons (Fsp3) is 0.846. The molecule has 1 fully saturated rings. The first-order valence-corrected chi connectivity index (χ1v) is 6.38. The van der Waals surface area contributed by atoms with Crippen LogP contribution in [-0.2, 0) is 0 Å². The van der Waals surface area contributed by atoms with Crippen LogP contribution < -0.4 is 5.73 Å². The van der Waals surface area contributed by atoms with Crippen molar-refractivity contribution in [3.8, 4) is 0 Å². The molecule has 0 saturated carbocycles. The minimum atomic E-state index is 0.438. The fourth-order valence-corrected chi connectivity index (χ4v) is 2.80. The van der Waals surface area contributed by atoms with Gasteiger partial charge in [0.2, 0.25) is 0 Å². The van der Waals surface area contributed by atoms with Crippen molar-refractivity contribution in [3.63, 3.8) is 0 Å². The fourth-order valence-electron chi connectivity index (χ4n) is 2.80. The van der Waals surface area contributed by atoms with Gasteiger partial charge in [-0.05, 0) is 44.1 Å². The number of nitrogens with two attached hydrogens (primary N) is 1. The van der Waals surface area contributed by atoms with E-state index in [1.165, 1.54) is 45.3 Å². The number of hydrogen-bond donors (Lipinski definition) is 1. The first-order chi connectivity index (χ1) is 7.25. The summed E-state index contributed by atoms with van der Waals surface area (Å²) in [6, 6.07) is 0.438. The third-order valence-electron chi connectivity index (χ3n) is 3.95. The minimum absolute atomic E-state index is 0.438. The van der Waals surface area contributed by atoms with Gasteiger partial charge in [-0.2, -0.15) is 0 Å². The predicted octanol–water partition coefficient (Wildman–Crippen LogP) is 2.01. The molecule has 0 radical (unpaired) electrons. The molecule has 2 nitrogen and oxygen atoms in total. The molecule has 2 rings (SSSR count). The van der Waals surface area contributed by atoms with Crippen LogP contribution in [0.25, 0.3) is 0 Å². The summed E-state index contributed by atoms with van der Waals surface area (Å²) < 4.78 is 0. The van der Waals surface area contributed by atoms with Crippen molar-refractivity contribution in [2.75, 3.05) is 19.6 Å². The molecule has 2 aliphatic rings. The predicted molar refractivity (Wildman–Crippen MR) is 64.7 cm³/mol. The van der Waals surface area contributed by atoms with Gasteiger partial charge in [0.25, 0.3) is 0 Å². The summed E-state index contributed by atoms with van der Waals surface area (Å²) in [6.45, 7) is 6.01. The molecule has 2 heteroatoms. The Bertz CT molecular complexity index is 225. The molecule has 86 valence electrons. The summed E-state index contributed by atoms with van der Waals surface area (Å²) in [7, 11) is 0. The summed E-state index contributed by atoms with van der Waals surface area (Å²) >= 11 is 0. The van der Waals surface area contributed by atoms with E-state index in [2.05, 4.69) is 24.0 Å². The van der Waals surface area contributed by atoms with Crippen molar-refractivity contribution < 1.29 is 0 Å². The number of hydrogen-bond acceptors (Lipinski definition) is 2. The normalized spacial score (nSPS) is 38.1. The molecule has 0 aromatic heterocycles. The second kappa shape index (κ2) is 5.13. The molecule has 0 spiro atoms. The first kappa shape index (κ1) is 11.2. The van der Waals surface area contributed by atoms with Crippen LogP contribution in [0.3, 0.4) is 0 Å². The highest BCUT2D eigenvalue weighted by Gasteiger charge is 2.24. The zero-order chi connectivity index (χ0) is 10.7. The van der Waals surface area contributed by atoms with Gasteiger partial charge in [0.1, 0.15) is 0 Å². The Balaban J connectivity index is 1.77. The van der Waals surface area contributed by atoms with Gasteiger partial charge in [-0.3, -0.25) is 0 Å². The zero-order valence-corrected chi connectivity index (χ0v) is 9.86. The Morgan fingerprint density at radius 3 is 2.87 bits per heavy atom. The van der Waals surface area contributed by atoms with E-state index in [9.17, 15) is 0 Å². The van der Waals surface area contributed by atoms with Crippen LogP contribution in [0.4, 0.5) is 0 Å². The summed E-state index contributed by atoms with van der Waals surface area (Å²) in [4.78, 5) is 2.62. The molecule has 0 aromatic rings. The summed E-state index contributed by atoms with van der Waals surface area (Å²) in [6.07, 6.45) is 9.82. The van der Waals surface area contributed by atoms with Crippen molar-refractivity contribution in [1.29, 1.82) is 0 Å². The standard InChI is InChI=1S/C13H24N2/c1-11-9-15(8-7-13(11)14)10-12-5-3-2-4-6-12/h2-3,11-13H,4-10,14H2,1H3. The van der Waals surface area contributed by atoms with Crippen LogP contribution in [0.1, 0.15) is 32.6 Å². The molecule has 1 aliphatic heterocycles. The lowest BCUT2D eigenvalue weighted by Crippen LogP contribution is -2.47. The van der Waals surface area contributed by atoms with Gasteiger partial charge in [-0.15, -0.1) is 0 Å². The lowest BCUT2D eigenvalue weighted by Gasteiger charge is -2.37. The van der Waals surface area contributed by atoms with Crippen molar-refractivity contribution in [2.45, 2.75) is 38.6 Å². The maximum Gasteiger partial charge on any atom is 0.00889 e. The first-order valence-electron chi connectivity index (χ1n) is 6.38. The third-order valence-corrected chi connectivity index (χ3v) is 3.95. The molecule has 0 bridgehead atoms. The Hall–Kier alpha value is -0.340. The SMILES string of the molecule is CC1CN(CC2CC=CCC2)CCC1N. The minimum Gasteiger partial charge on any atom is -0.327 e. The Morgan fingerprint density at radius 1 is 1.33 bits per heavy atom. The number of nitrogens with zero attached hydrogens (tertiary/aromatic N) is 1. The van der Waals surface area contributed by atoms with E-state index in [0.29, 0.717) is 12.0 Å². The van der Waals surface area contributed by atoms with E-state index < -0.39 is 0 Å². The number of likely N-dealkylation sites (tertiary alicyclic amines) is 1. The molecule has 15 heavy (non-hydrogen) atoms. The van der Waals surface area contributed by atoms with E-state index >= 15 is 0 Å². The number of piperidine rings is 1. The topological polar surface area (TPSA) is 29.3 Å².